The first kappa shape index (κ1) is 23.3. The van der Waals surface area contributed by atoms with E-state index in [-0.39, 0.29) is 11.4 Å². The summed E-state index contributed by atoms with van der Waals surface area (Å²) in [7, 11) is 3.08. The highest BCUT2D eigenvalue weighted by Crippen LogP contribution is 2.47. The Balaban J connectivity index is 1.81. The summed E-state index contributed by atoms with van der Waals surface area (Å²) in [4.78, 5) is 29.4. The molecule has 0 aliphatic heterocycles. The second-order valence-corrected chi connectivity index (χ2v) is 8.75. The number of nitrogens with two attached hydrogens (primary N) is 1. The number of nitrogen functional groups attached to an aromatic ring is 1. The van der Waals surface area contributed by atoms with E-state index < -0.39 is 23.1 Å². The Hall–Kier alpha value is -3.33. The number of amides is 2. The van der Waals surface area contributed by atoms with Gasteiger partial charge in [0.05, 0.1) is 36.2 Å². The van der Waals surface area contributed by atoms with Crippen LogP contribution in [0, 0.1) is 0 Å². The molecule has 1 fully saturated rings. The minimum Gasteiger partial charge on any atom is -0.495 e. The average Bonchev–Trinajstić information content (AvgIpc) is 3.47. The van der Waals surface area contributed by atoms with Gasteiger partial charge in [0.1, 0.15) is 17.2 Å². The SMILES string of the molecule is COCc1ccc(C(=O)Nc2cc(C3(NC(=O)OC(C)(C)C)CC3)ccc2OC)c(N)n1. The Labute approximate surface area is 187 Å². The van der Waals surface area contributed by atoms with Gasteiger partial charge in [-0.1, -0.05) is 6.07 Å². The molecule has 172 valence electrons. The molecule has 9 heteroatoms. The molecule has 9 nitrogen and oxygen atoms in total. The molecular formula is C23H30N4O5. The highest BCUT2D eigenvalue weighted by atomic mass is 16.6. The molecule has 0 unspecified atom stereocenters. The first-order valence-corrected chi connectivity index (χ1v) is 10.3. The Morgan fingerprint density at radius 2 is 1.88 bits per heavy atom. The van der Waals surface area contributed by atoms with Crippen LogP contribution in [0.3, 0.4) is 0 Å². The fraction of sp³-hybridized carbons (Fsp3) is 0.435. The van der Waals surface area contributed by atoms with Crippen LogP contribution in [-0.2, 0) is 21.6 Å². The van der Waals surface area contributed by atoms with Gasteiger partial charge in [-0.15, -0.1) is 0 Å². The first-order chi connectivity index (χ1) is 15.1. The summed E-state index contributed by atoms with van der Waals surface area (Å²) >= 11 is 0. The van der Waals surface area contributed by atoms with Gasteiger partial charge in [0, 0.05) is 7.11 Å². The van der Waals surface area contributed by atoms with Crippen LogP contribution in [-0.4, -0.2) is 36.8 Å². The molecular weight excluding hydrogens is 412 g/mol. The van der Waals surface area contributed by atoms with E-state index in [4.69, 9.17) is 19.9 Å². The second-order valence-electron chi connectivity index (χ2n) is 8.75. The molecule has 0 spiro atoms. The van der Waals surface area contributed by atoms with Crippen molar-refractivity contribution in [2.75, 3.05) is 25.3 Å². The average molecular weight is 443 g/mol. The summed E-state index contributed by atoms with van der Waals surface area (Å²) in [5.41, 5.74) is 7.03. The van der Waals surface area contributed by atoms with E-state index in [2.05, 4.69) is 15.6 Å². The molecule has 2 aromatic rings. The highest BCUT2D eigenvalue weighted by Gasteiger charge is 2.47. The molecule has 0 radical (unpaired) electrons. The van der Waals surface area contributed by atoms with Gasteiger partial charge in [0.25, 0.3) is 5.91 Å². The molecule has 1 aromatic carbocycles. The first-order valence-electron chi connectivity index (χ1n) is 10.3. The Morgan fingerprint density at radius 3 is 2.44 bits per heavy atom. The van der Waals surface area contributed by atoms with E-state index in [9.17, 15) is 9.59 Å². The number of alkyl carbamates (subject to hydrolysis) is 1. The van der Waals surface area contributed by atoms with Crippen molar-refractivity contribution in [2.45, 2.75) is 51.4 Å². The molecule has 1 aliphatic carbocycles. The summed E-state index contributed by atoms with van der Waals surface area (Å²) in [6.07, 6.45) is 1.06. The van der Waals surface area contributed by atoms with Gasteiger partial charge in [0.15, 0.2) is 0 Å². The quantitative estimate of drug-likeness (QED) is 0.598. The minimum absolute atomic E-state index is 0.109. The van der Waals surface area contributed by atoms with Crippen molar-refractivity contribution in [3.63, 3.8) is 0 Å². The standard InChI is InChI=1S/C23H30N4O5/c1-22(2,3)32-21(29)27-23(10-11-23)14-6-9-18(31-5)17(12-14)26-20(28)16-8-7-15(13-30-4)25-19(16)24/h6-9,12H,10-11,13H2,1-5H3,(H2,24,25)(H,26,28)(H,27,29). The van der Waals surface area contributed by atoms with E-state index >= 15 is 0 Å². The summed E-state index contributed by atoms with van der Waals surface area (Å²) in [6, 6.07) is 8.71. The lowest BCUT2D eigenvalue weighted by molar-refractivity contribution is 0.0495. The number of methoxy groups -OCH3 is 2. The van der Waals surface area contributed by atoms with E-state index in [1.54, 1.807) is 31.4 Å². The van der Waals surface area contributed by atoms with Crippen molar-refractivity contribution in [1.82, 2.24) is 10.3 Å². The zero-order valence-corrected chi connectivity index (χ0v) is 19.1. The van der Waals surface area contributed by atoms with Crippen LogP contribution >= 0.6 is 0 Å². The molecule has 0 saturated heterocycles. The van der Waals surface area contributed by atoms with Crippen molar-refractivity contribution in [3.05, 3.63) is 47.2 Å². The Bertz CT molecular complexity index is 1010. The number of ether oxygens (including phenoxy) is 3. The number of rotatable bonds is 7. The van der Waals surface area contributed by atoms with E-state index in [1.165, 1.54) is 7.11 Å². The van der Waals surface area contributed by atoms with Crippen LogP contribution in [0.4, 0.5) is 16.3 Å². The molecule has 1 aromatic heterocycles. The molecule has 1 heterocycles. The maximum absolute atomic E-state index is 12.9. The van der Waals surface area contributed by atoms with Gasteiger partial charge in [-0.2, -0.15) is 0 Å². The van der Waals surface area contributed by atoms with Crippen LogP contribution in [0.15, 0.2) is 30.3 Å². The van der Waals surface area contributed by atoms with Crippen molar-refractivity contribution in [2.24, 2.45) is 0 Å². The number of anilines is 2. The molecule has 3 rings (SSSR count). The lowest BCUT2D eigenvalue weighted by Crippen LogP contribution is -2.39. The minimum atomic E-state index is -0.591. The predicted octanol–water partition coefficient (Wildman–Crippen LogP) is 3.58. The van der Waals surface area contributed by atoms with Crippen LogP contribution in [0.1, 0.15) is 55.2 Å². The maximum atomic E-state index is 12.9. The van der Waals surface area contributed by atoms with Crippen molar-refractivity contribution in [1.29, 1.82) is 0 Å². The summed E-state index contributed by atoms with van der Waals surface area (Å²) in [5, 5.41) is 5.80. The van der Waals surface area contributed by atoms with E-state index in [0.29, 0.717) is 23.7 Å². The van der Waals surface area contributed by atoms with Crippen LogP contribution in [0.2, 0.25) is 0 Å². The number of nitrogens with zero attached hydrogens (tertiary/aromatic N) is 1. The van der Waals surface area contributed by atoms with Gasteiger partial charge in [-0.25, -0.2) is 9.78 Å². The number of carbonyl (C=O) groups excluding carboxylic acids is 2. The number of aromatic nitrogens is 1. The van der Waals surface area contributed by atoms with Gasteiger partial charge in [0.2, 0.25) is 0 Å². The summed E-state index contributed by atoms with van der Waals surface area (Å²) < 4.78 is 15.8. The summed E-state index contributed by atoms with van der Waals surface area (Å²) in [6.45, 7) is 5.75. The van der Waals surface area contributed by atoms with Crippen molar-refractivity contribution < 1.29 is 23.8 Å². The fourth-order valence-corrected chi connectivity index (χ4v) is 3.34. The van der Waals surface area contributed by atoms with E-state index in [0.717, 1.165) is 18.4 Å². The largest absolute Gasteiger partial charge is 0.495 e. The predicted molar refractivity (Wildman–Crippen MR) is 121 cm³/mol. The van der Waals surface area contributed by atoms with Gasteiger partial charge >= 0.3 is 6.09 Å². The van der Waals surface area contributed by atoms with Crippen LogP contribution in [0.25, 0.3) is 0 Å². The van der Waals surface area contributed by atoms with Gasteiger partial charge in [-0.05, 0) is 63.4 Å². The molecule has 4 N–H and O–H groups in total. The number of pyridine rings is 1. The smallest absolute Gasteiger partial charge is 0.408 e. The monoisotopic (exact) mass is 442 g/mol. The molecule has 1 saturated carbocycles. The zero-order valence-electron chi connectivity index (χ0n) is 19.1. The molecule has 2 amide bonds. The summed E-state index contributed by atoms with van der Waals surface area (Å²) in [5.74, 6) is 0.175. The molecule has 0 bridgehead atoms. The molecule has 32 heavy (non-hydrogen) atoms. The van der Waals surface area contributed by atoms with Crippen LogP contribution in [0.5, 0.6) is 5.75 Å². The third kappa shape index (κ3) is 5.47. The maximum Gasteiger partial charge on any atom is 0.408 e. The number of hydrogen-bond donors (Lipinski definition) is 3. The number of nitrogens with one attached hydrogen (secondary N) is 2. The van der Waals surface area contributed by atoms with Crippen molar-refractivity contribution in [3.8, 4) is 5.75 Å². The number of hydrogen-bond acceptors (Lipinski definition) is 7. The Kier molecular flexibility index (Phi) is 6.59. The third-order valence-electron chi connectivity index (χ3n) is 5.01. The van der Waals surface area contributed by atoms with Gasteiger partial charge < -0.3 is 30.6 Å². The third-order valence-corrected chi connectivity index (χ3v) is 5.01. The van der Waals surface area contributed by atoms with Crippen molar-refractivity contribution >= 4 is 23.5 Å². The highest BCUT2D eigenvalue weighted by molar-refractivity contribution is 6.07. The topological polar surface area (TPSA) is 125 Å². The second kappa shape index (κ2) is 9.04. The fourth-order valence-electron chi connectivity index (χ4n) is 3.34. The zero-order chi connectivity index (χ0) is 23.5. The number of carbonyl (C=O) groups is 2. The lowest BCUT2D eigenvalue weighted by atomic mass is 10.0. The van der Waals surface area contributed by atoms with Gasteiger partial charge in [-0.3, -0.25) is 4.79 Å². The Morgan fingerprint density at radius 1 is 1.16 bits per heavy atom. The normalized spacial score (nSPS) is 14.4. The molecule has 0 atom stereocenters. The molecule has 1 aliphatic rings. The number of benzene rings is 1. The van der Waals surface area contributed by atoms with E-state index in [1.807, 2.05) is 26.8 Å². The van der Waals surface area contributed by atoms with Crippen LogP contribution < -0.4 is 21.1 Å². The lowest BCUT2D eigenvalue weighted by Gasteiger charge is -2.24.